The summed E-state index contributed by atoms with van der Waals surface area (Å²) in [4.78, 5) is 12.5. The normalized spacial score (nSPS) is 12.1. The number of hydrogen-bond acceptors (Lipinski definition) is 5. The van der Waals surface area contributed by atoms with E-state index in [-0.39, 0.29) is 28.1 Å². The maximum absolute atomic E-state index is 12.8. The number of nitrogens with one attached hydrogen (secondary N) is 2. The average Bonchev–Trinajstić information content (AvgIpc) is 2.67. The van der Waals surface area contributed by atoms with Crippen molar-refractivity contribution in [1.29, 1.82) is 0 Å². The van der Waals surface area contributed by atoms with Crippen molar-refractivity contribution in [2.24, 2.45) is 0 Å². The van der Waals surface area contributed by atoms with Crippen LogP contribution in [-0.2, 0) is 10.0 Å². The van der Waals surface area contributed by atoms with Gasteiger partial charge in [0.2, 0.25) is 0 Å². The summed E-state index contributed by atoms with van der Waals surface area (Å²) in [5, 5.41) is 2.83. The van der Waals surface area contributed by atoms with Gasteiger partial charge >= 0.3 is 0 Å². The molecule has 1 amide bonds. The molecule has 0 bridgehead atoms. The van der Waals surface area contributed by atoms with Crippen LogP contribution in [-0.4, -0.2) is 34.6 Å². The molecule has 0 aromatic heterocycles. The van der Waals surface area contributed by atoms with Gasteiger partial charge in [0, 0.05) is 12.1 Å². The molecule has 146 valence electrons. The SMILES string of the molecule is CC[C@H](C)NC(=O)c1ccccc1NS(=O)(=O)c1ccc(OC)c(OC)c1. The van der Waals surface area contributed by atoms with E-state index in [0.29, 0.717) is 11.5 Å². The molecular formula is C19H24N2O5S. The standard InChI is InChI=1S/C19H24N2O5S/c1-5-13(2)20-19(22)15-8-6-7-9-16(15)21-27(23,24)14-10-11-17(25-3)18(12-14)26-4/h6-13,21H,5H2,1-4H3,(H,20,22)/t13-/m0/s1. The number of anilines is 1. The molecule has 2 rings (SSSR count). The Morgan fingerprint density at radius 1 is 1.07 bits per heavy atom. The van der Waals surface area contributed by atoms with Gasteiger partial charge in [-0.25, -0.2) is 8.42 Å². The first-order valence-electron chi connectivity index (χ1n) is 8.47. The number of methoxy groups -OCH3 is 2. The van der Waals surface area contributed by atoms with Crippen LogP contribution in [0.4, 0.5) is 5.69 Å². The maximum Gasteiger partial charge on any atom is 0.262 e. The second-order valence-corrected chi connectivity index (χ2v) is 7.63. The van der Waals surface area contributed by atoms with Crippen LogP contribution in [0.1, 0.15) is 30.6 Å². The lowest BCUT2D eigenvalue weighted by molar-refractivity contribution is 0.0940. The van der Waals surface area contributed by atoms with Gasteiger partial charge < -0.3 is 14.8 Å². The van der Waals surface area contributed by atoms with Gasteiger partial charge in [0.05, 0.1) is 30.4 Å². The van der Waals surface area contributed by atoms with Gasteiger partial charge in [-0.05, 0) is 37.6 Å². The van der Waals surface area contributed by atoms with E-state index in [1.807, 2.05) is 13.8 Å². The van der Waals surface area contributed by atoms with Crippen molar-refractivity contribution >= 4 is 21.6 Å². The fourth-order valence-electron chi connectivity index (χ4n) is 2.36. The third-order valence-corrected chi connectivity index (χ3v) is 5.43. The summed E-state index contributed by atoms with van der Waals surface area (Å²) < 4.78 is 38.3. The molecule has 27 heavy (non-hydrogen) atoms. The summed E-state index contributed by atoms with van der Waals surface area (Å²) in [6, 6.07) is 10.7. The minimum atomic E-state index is -3.93. The Hall–Kier alpha value is -2.74. The van der Waals surface area contributed by atoms with Crippen molar-refractivity contribution in [2.45, 2.75) is 31.2 Å². The second kappa shape index (κ2) is 8.77. The molecule has 0 aliphatic rings. The highest BCUT2D eigenvalue weighted by molar-refractivity contribution is 7.92. The van der Waals surface area contributed by atoms with E-state index in [1.165, 1.54) is 32.4 Å². The number of carbonyl (C=O) groups is 1. The number of sulfonamides is 1. The molecule has 0 spiro atoms. The Bertz CT molecular complexity index is 912. The second-order valence-electron chi connectivity index (χ2n) is 5.95. The molecule has 1 atom stereocenters. The summed E-state index contributed by atoms with van der Waals surface area (Å²) in [7, 11) is -1.03. The first kappa shape index (κ1) is 20.6. The zero-order chi connectivity index (χ0) is 20.0. The summed E-state index contributed by atoms with van der Waals surface area (Å²) >= 11 is 0. The van der Waals surface area contributed by atoms with Crippen LogP contribution in [0.25, 0.3) is 0 Å². The van der Waals surface area contributed by atoms with Crippen molar-refractivity contribution < 1.29 is 22.7 Å². The first-order valence-corrected chi connectivity index (χ1v) is 9.95. The lowest BCUT2D eigenvalue weighted by atomic mass is 10.1. The van der Waals surface area contributed by atoms with Crippen LogP contribution in [0.2, 0.25) is 0 Å². The summed E-state index contributed by atoms with van der Waals surface area (Å²) in [5.74, 6) is 0.378. The van der Waals surface area contributed by atoms with Gasteiger partial charge in [0.15, 0.2) is 11.5 Å². The quantitative estimate of drug-likeness (QED) is 0.720. The Balaban J connectivity index is 2.35. The smallest absolute Gasteiger partial charge is 0.262 e. The molecule has 0 fully saturated rings. The van der Waals surface area contributed by atoms with Crippen LogP contribution in [0.3, 0.4) is 0 Å². The first-order chi connectivity index (χ1) is 12.8. The van der Waals surface area contributed by atoms with E-state index < -0.39 is 10.0 Å². The summed E-state index contributed by atoms with van der Waals surface area (Å²) in [6.07, 6.45) is 0.769. The lowest BCUT2D eigenvalue weighted by Gasteiger charge is -2.16. The minimum absolute atomic E-state index is 0.00251. The van der Waals surface area contributed by atoms with Crippen LogP contribution >= 0.6 is 0 Å². The van der Waals surface area contributed by atoms with E-state index in [4.69, 9.17) is 9.47 Å². The summed E-state index contributed by atoms with van der Waals surface area (Å²) in [5.41, 5.74) is 0.454. The van der Waals surface area contributed by atoms with Gasteiger partial charge in [-0.3, -0.25) is 9.52 Å². The number of carbonyl (C=O) groups excluding carboxylic acids is 1. The molecule has 2 N–H and O–H groups in total. The molecule has 0 saturated carbocycles. The molecule has 7 nitrogen and oxygen atoms in total. The Kier molecular flexibility index (Phi) is 6.68. The number of para-hydroxylation sites is 1. The molecular weight excluding hydrogens is 368 g/mol. The molecule has 2 aromatic rings. The monoisotopic (exact) mass is 392 g/mol. The van der Waals surface area contributed by atoms with Crippen molar-refractivity contribution in [3.8, 4) is 11.5 Å². The molecule has 0 aliphatic carbocycles. The van der Waals surface area contributed by atoms with Gasteiger partial charge in [-0.2, -0.15) is 0 Å². The third-order valence-electron chi connectivity index (χ3n) is 4.07. The lowest BCUT2D eigenvalue weighted by Crippen LogP contribution is -2.32. The highest BCUT2D eigenvalue weighted by Gasteiger charge is 2.20. The van der Waals surface area contributed by atoms with Gasteiger partial charge in [-0.15, -0.1) is 0 Å². The highest BCUT2D eigenvalue weighted by atomic mass is 32.2. The number of hydrogen-bond donors (Lipinski definition) is 2. The Morgan fingerprint density at radius 2 is 1.74 bits per heavy atom. The molecule has 0 unspecified atom stereocenters. The maximum atomic E-state index is 12.8. The Labute approximate surface area is 159 Å². The zero-order valence-corrected chi connectivity index (χ0v) is 16.6. The number of ether oxygens (including phenoxy) is 2. The fourth-order valence-corrected chi connectivity index (χ4v) is 3.46. The topological polar surface area (TPSA) is 93.7 Å². The zero-order valence-electron chi connectivity index (χ0n) is 15.8. The predicted molar refractivity (Wildman–Crippen MR) is 104 cm³/mol. The van der Waals surface area contributed by atoms with E-state index in [9.17, 15) is 13.2 Å². The molecule has 2 aromatic carbocycles. The van der Waals surface area contributed by atoms with Crippen molar-refractivity contribution in [3.63, 3.8) is 0 Å². The fraction of sp³-hybridized carbons (Fsp3) is 0.316. The molecule has 8 heteroatoms. The number of rotatable bonds is 8. The molecule has 0 saturated heterocycles. The van der Waals surface area contributed by atoms with Crippen LogP contribution in [0.5, 0.6) is 11.5 Å². The minimum Gasteiger partial charge on any atom is -0.493 e. The average molecular weight is 392 g/mol. The van der Waals surface area contributed by atoms with Crippen LogP contribution in [0, 0.1) is 0 Å². The number of benzene rings is 2. The Morgan fingerprint density at radius 3 is 2.37 bits per heavy atom. The third kappa shape index (κ3) is 4.91. The van der Waals surface area contributed by atoms with E-state index in [0.717, 1.165) is 6.42 Å². The van der Waals surface area contributed by atoms with Crippen molar-refractivity contribution in [1.82, 2.24) is 5.32 Å². The van der Waals surface area contributed by atoms with Gasteiger partial charge in [-0.1, -0.05) is 19.1 Å². The van der Waals surface area contributed by atoms with E-state index in [1.54, 1.807) is 24.3 Å². The van der Waals surface area contributed by atoms with E-state index in [2.05, 4.69) is 10.0 Å². The van der Waals surface area contributed by atoms with E-state index >= 15 is 0 Å². The van der Waals surface area contributed by atoms with Gasteiger partial charge in [0.25, 0.3) is 15.9 Å². The van der Waals surface area contributed by atoms with Crippen molar-refractivity contribution in [3.05, 3.63) is 48.0 Å². The molecule has 0 radical (unpaired) electrons. The number of amides is 1. The van der Waals surface area contributed by atoms with Crippen LogP contribution < -0.4 is 19.5 Å². The summed E-state index contributed by atoms with van der Waals surface area (Å²) in [6.45, 7) is 3.84. The molecule has 0 heterocycles. The predicted octanol–water partition coefficient (Wildman–Crippen LogP) is 3.03. The highest BCUT2D eigenvalue weighted by Crippen LogP contribution is 2.30. The van der Waals surface area contributed by atoms with Crippen LogP contribution in [0.15, 0.2) is 47.4 Å². The van der Waals surface area contributed by atoms with Gasteiger partial charge in [0.1, 0.15) is 0 Å². The molecule has 0 aliphatic heterocycles. The van der Waals surface area contributed by atoms with Crippen molar-refractivity contribution in [2.75, 3.05) is 18.9 Å². The largest absolute Gasteiger partial charge is 0.493 e.